The van der Waals surface area contributed by atoms with E-state index in [0.29, 0.717) is 6.04 Å². The molecule has 2 atom stereocenters. The van der Waals surface area contributed by atoms with Crippen LogP contribution in [0.25, 0.3) is 0 Å². The van der Waals surface area contributed by atoms with Crippen molar-refractivity contribution < 1.29 is 4.79 Å². The van der Waals surface area contributed by atoms with E-state index in [9.17, 15) is 4.79 Å². The molecule has 2 unspecified atom stereocenters. The molecular weight excluding hydrogens is 284 g/mol. The number of halogens is 1. The average Bonchev–Trinajstić information content (AvgIpc) is 2.77. The molecule has 0 radical (unpaired) electrons. The van der Waals surface area contributed by atoms with E-state index in [1.807, 2.05) is 30.1 Å². The van der Waals surface area contributed by atoms with Crippen LogP contribution in [0.2, 0.25) is 0 Å². The quantitative estimate of drug-likeness (QED) is 0.926. The zero-order valence-corrected chi connectivity index (χ0v) is 13.9. The fraction of sp³-hybridized carbons (Fsp3) is 0.588. The fourth-order valence-corrected chi connectivity index (χ4v) is 3.05. The molecule has 0 aliphatic carbocycles. The number of nitrogens with one attached hydrogen (secondary N) is 1. The molecule has 1 fully saturated rings. The zero-order valence-electron chi connectivity index (χ0n) is 13.0. The molecule has 21 heavy (non-hydrogen) atoms. The predicted molar refractivity (Wildman–Crippen MR) is 90.0 cm³/mol. The summed E-state index contributed by atoms with van der Waals surface area (Å²) in [5.41, 5.74) is 1.14. The highest BCUT2D eigenvalue weighted by Crippen LogP contribution is 2.24. The van der Waals surface area contributed by atoms with Gasteiger partial charge in [-0.2, -0.15) is 0 Å². The van der Waals surface area contributed by atoms with Crippen molar-refractivity contribution in [2.45, 2.75) is 44.6 Å². The summed E-state index contributed by atoms with van der Waals surface area (Å²) in [7, 11) is 1.98. The lowest BCUT2D eigenvalue weighted by atomic mass is 9.94. The Morgan fingerprint density at radius 1 is 1.29 bits per heavy atom. The topological polar surface area (TPSA) is 32.3 Å². The monoisotopic (exact) mass is 310 g/mol. The molecule has 3 nitrogen and oxygen atoms in total. The van der Waals surface area contributed by atoms with Gasteiger partial charge in [-0.1, -0.05) is 37.3 Å². The average molecular weight is 311 g/mol. The Hall–Kier alpha value is -1.06. The number of rotatable bonds is 4. The van der Waals surface area contributed by atoms with Gasteiger partial charge in [-0.3, -0.25) is 4.79 Å². The van der Waals surface area contributed by atoms with Crippen LogP contribution >= 0.6 is 12.4 Å². The minimum absolute atomic E-state index is 0. The van der Waals surface area contributed by atoms with E-state index >= 15 is 0 Å². The summed E-state index contributed by atoms with van der Waals surface area (Å²) >= 11 is 0. The molecule has 4 heteroatoms. The molecule has 118 valence electrons. The van der Waals surface area contributed by atoms with Gasteiger partial charge in [0.15, 0.2) is 0 Å². The lowest BCUT2D eigenvalue weighted by Gasteiger charge is -2.30. The molecule has 0 spiro atoms. The molecule has 0 aromatic heterocycles. The van der Waals surface area contributed by atoms with Crippen LogP contribution in [0.15, 0.2) is 30.3 Å². The highest BCUT2D eigenvalue weighted by molar-refractivity contribution is 5.85. The molecule has 2 rings (SSSR count). The molecular formula is C17H27ClN2O. The van der Waals surface area contributed by atoms with Gasteiger partial charge in [0, 0.05) is 13.1 Å². The van der Waals surface area contributed by atoms with Gasteiger partial charge in [0.2, 0.25) is 5.91 Å². The molecule has 1 amide bonds. The van der Waals surface area contributed by atoms with Gasteiger partial charge >= 0.3 is 0 Å². The van der Waals surface area contributed by atoms with Gasteiger partial charge in [-0.05, 0) is 44.3 Å². The molecule has 1 heterocycles. The third kappa shape index (κ3) is 4.72. The second-order valence-corrected chi connectivity index (χ2v) is 5.66. The lowest BCUT2D eigenvalue weighted by Crippen LogP contribution is -2.40. The van der Waals surface area contributed by atoms with E-state index in [0.717, 1.165) is 44.3 Å². The molecule has 1 aliphatic heterocycles. The van der Waals surface area contributed by atoms with Crippen LogP contribution in [0.3, 0.4) is 0 Å². The maximum absolute atomic E-state index is 12.8. The minimum Gasteiger partial charge on any atom is -0.342 e. The number of carbonyl (C=O) groups is 1. The highest BCUT2D eigenvalue weighted by Gasteiger charge is 2.27. The van der Waals surface area contributed by atoms with Crippen LogP contribution in [0.1, 0.15) is 44.1 Å². The van der Waals surface area contributed by atoms with Crippen molar-refractivity contribution in [2.75, 3.05) is 20.1 Å². The Morgan fingerprint density at radius 2 is 2.00 bits per heavy atom. The van der Waals surface area contributed by atoms with E-state index in [2.05, 4.69) is 24.4 Å². The van der Waals surface area contributed by atoms with E-state index in [-0.39, 0.29) is 24.2 Å². The largest absolute Gasteiger partial charge is 0.342 e. The number of hydrogen-bond acceptors (Lipinski definition) is 2. The van der Waals surface area contributed by atoms with Gasteiger partial charge in [0.05, 0.1) is 5.92 Å². The van der Waals surface area contributed by atoms with Crippen LogP contribution in [0, 0.1) is 0 Å². The van der Waals surface area contributed by atoms with Crippen LogP contribution in [0.5, 0.6) is 0 Å². The van der Waals surface area contributed by atoms with Crippen molar-refractivity contribution in [3.8, 4) is 0 Å². The Balaban J connectivity index is 0.00000220. The number of nitrogens with zero attached hydrogens (tertiary/aromatic N) is 1. The van der Waals surface area contributed by atoms with Gasteiger partial charge in [0.1, 0.15) is 0 Å². The Morgan fingerprint density at radius 3 is 2.67 bits per heavy atom. The summed E-state index contributed by atoms with van der Waals surface area (Å²) in [5, 5.41) is 3.41. The number of carbonyl (C=O) groups excluding carboxylic acids is 1. The molecule has 1 N–H and O–H groups in total. The van der Waals surface area contributed by atoms with Crippen LogP contribution < -0.4 is 5.32 Å². The fourth-order valence-electron chi connectivity index (χ4n) is 3.05. The number of benzene rings is 1. The Labute approximate surface area is 134 Å². The second-order valence-electron chi connectivity index (χ2n) is 5.66. The van der Waals surface area contributed by atoms with Crippen LogP contribution in [-0.2, 0) is 4.79 Å². The van der Waals surface area contributed by atoms with Gasteiger partial charge in [-0.25, -0.2) is 0 Å². The van der Waals surface area contributed by atoms with Crippen molar-refractivity contribution in [1.82, 2.24) is 10.2 Å². The molecule has 1 aliphatic rings. The van der Waals surface area contributed by atoms with E-state index in [1.54, 1.807) is 0 Å². The van der Waals surface area contributed by atoms with Crippen molar-refractivity contribution in [3.63, 3.8) is 0 Å². The van der Waals surface area contributed by atoms with Crippen molar-refractivity contribution in [3.05, 3.63) is 35.9 Å². The van der Waals surface area contributed by atoms with Crippen molar-refractivity contribution in [2.24, 2.45) is 0 Å². The van der Waals surface area contributed by atoms with Gasteiger partial charge in [-0.15, -0.1) is 12.4 Å². The molecule has 1 aromatic rings. The first-order chi connectivity index (χ1) is 9.74. The Kier molecular flexibility index (Phi) is 7.76. The summed E-state index contributed by atoms with van der Waals surface area (Å²) in [5.74, 6) is 0.267. The minimum atomic E-state index is -0.00240. The van der Waals surface area contributed by atoms with Crippen LogP contribution in [0.4, 0.5) is 0 Å². The third-order valence-electron chi connectivity index (χ3n) is 4.35. The summed E-state index contributed by atoms with van der Waals surface area (Å²) < 4.78 is 0. The van der Waals surface area contributed by atoms with Crippen LogP contribution in [-0.4, -0.2) is 37.0 Å². The van der Waals surface area contributed by atoms with Gasteiger partial charge < -0.3 is 10.2 Å². The van der Waals surface area contributed by atoms with Crippen molar-refractivity contribution >= 4 is 18.3 Å². The number of likely N-dealkylation sites (N-methyl/N-ethyl adjacent to an activating group) is 1. The van der Waals surface area contributed by atoms with Crippen molar-refractivity contribution in [1.29, 1.82) is 0 Å². The predicted octanol–water partition coefficient (Wildman–Crippen LogP) is 3.20. The Bertz CT molecular complexity index is 416. The summed E-state index contributed by atoms with van der Waals surface area (Å²) in [6, 6.07) is 10.5. The SMILES string of the molecule is CCC(C(=O)N(C)C1CCCNCC1)c1ccccc1.Cl. The second kappa shape index (κ2) is 9.06. The lowest BCUT2D eigenvalue weighted by molar-refractivity contribution is -0.133. The maximum atomic E-state index is 12.8. The van der Waals surface area contributed by atoms with Gasteiger partial charge in [0.25, 0.3) is 0 Å². The van der Waals surface area contributed by atoms with E-state index in [4.69, 9.17) is 0 Å². The molecule has 0 saturated carbocycles. The van der Waals surface area contributed by atoms with E-state index < -0.39 is 0 Å². The smallest absolute Gasteiger partial charge is 0.230 e. The van der Waals surface area contributed by atoms with E-state index in [1.165, 1.54) is 0 Å². The zero-order chi connectivity index (χ0) is 14.4. The normalized spacial score (nSPS) is 20.0. The number of amides is 1. The number of hydrogen-bond donors (Lipinski definition) is 1. The highest BCUT2D eigenvalue weighted by atomic mass is 35.5. The molecule has 1 aromatic carbocycles. The molecule has 1 saturated heterocycles. The first-order valence-corrected chi connectivity index (χ1v) is 7.76. The third-order valence-corrected chi connectivity index (χ3v) is 4.35. The summed E-state index contributed by atoms with van der Waals surface area (Å²) in [4.78, 5) is 14.8. The summed E-state index contributed by atoms with van der Waals surface area (Å²) in [6.45, 7) is 4.19. The standard InChI is InChI=1S/C17H26N2O.ClH/c1-3-16(14-8-5-4-6-9-14)17(20)19(2)15-10-7-12-18-13-11-15;/h4-6,8-9,15-16,18H,3,7,10-13H2,1-2H3;1H. The maximum Gasteiger partial charge on any atom is 0.230 e. The first kappa shape index (κ1) is 18.0. The summed E-state index contributed by atoms with van der Waals surface area (Å²) in [6.07, 6.45) is 4.19. The first-order valence-electron chi connectivity index (χ1n) is 7.76. The molecule has 0 bridgehead atoms.